The maximum atomic E-state index is 3.82. The molecule has 2 aliphatic rings. The first-order valence-electron chi connectivity index (χ1n) is 7.79. The second-order valence-electron chi connectivity index (χ2n) is 6.19. The van der Waals surface area contributed by atoms with Crippen molar-refractivity contribution in [3.8, 4) is 0 Å². The van der Waals surface area contributed by atoms with Gasteiger partial charge in [-0.2, -0.15) is 0 Å². The molecule has 2 fully saturated rings. The second kappa shape index (κ2) is 6.75. The normalized spacial score (nSPS) is 35.3. The van der Waals surface area contributed by atoms with Crippen LogP contribution in [0.4, 0.5) is 0 Å². The van der Waals surface area contributed by atoms with Gasteiger partial charge in [0.1, 0.15) is 0 Å². The van der Waals surface area contributed by atoms with E-state index in [1.807, 2.05) is 0 Å². The summed E-state index contributed by atoms with van der Waals surface area (Å²) in [5.41, 5.74) is 0. The number of rotatable bonds is 6. The molecule has 1 saturated carbocycles. The van der Waals surface area contributed by atoms with Gasteiger partial charge in [0.2, 0.25) is 0 Å². The van der Waals surface area contributed by atoms with Gasteiger partial charge in [0.05, 0.1) is 0 Å². The number of hydrogen-bond acceptors (Lipinski definition) is 2. The van der Waals surface area contributed by atoms with Crippen LogP contribution >= 0.6 is 0 Å². The van der Waals surface area contributed by atoms with Crippen LogP contribution in [-0.2, 0) is 0 Å². The first kappa shape index (κ1) is 13.4. The highest BCUT2D eigenvalue weighted by molar-refractivity contribution is 4.94. The summed E-state index contributed by atoms with van der Waals surface area (Å²) in [6, 6.07) is 2.30. The van der Waals surface area contributed by atoms with Crippen LogP contribution in [0.5, 0.6) is 0 Å². The predicted octanol–water partition coefficient (Wildman–Crippen LogP) is 3.08. The fourth-order valence-corrected chi connectivity index (χ4v) is 3.30. The quantitative estimate of drug-likeness (QED) is 0.743. The van der Waals surface area contributed by atoms with E-state index >= 15 is 0 Å². The van der Waals surface area contributed by atoms with E-state index in [1.165, 1.54) is 57.9 Å². The molecule has 17 heavy (non-hydrogen) atoms. The van der Waals surface area contributed by atoms with Crippen LogP contribution in [0.3, 0.4) is 0 Å². The molecule has 0 aromatic carbocycles. The molecule has 0 radical (unpaired) electrons. The van der Waals surface area contributed by atoms with Gasteiger partial charge in [0.15, 0.2) is 0 Å². The van der Waals surface area contributed by atoms with Gasteiger partial charge in [-0.3, -0.25) is 0 Å². The van der Waals surface area contributed by atoms with E-state index < -0.39 is 0 Å². The summed E-state index contributed by atoms with van der Waals surface area (Å²) in [7, 11) is 0. The maximum Gasteiger partial charge on any atom is 0.0102 e. The van der Waals surface area contributed by atoms with Crippen molar-refractivity contribution in [2.45, 2.75) is 83.3 Å². The highest BCUT2D eigenvalue weighted by atomic mass is 15.0. The molecule has 1 aliphatic heterocycles. The van der Waals surface area contributed by atoms with Crippen molar-refractivity contribution in [1.82, 2.24) is 10.6 Å². The molecule has 2 heteroatoms. The van der Waals surface area contributed by atoms with E-state index in [4.69, 9.17) is 0 Å². The summed E-state index contributed by atoms with van der Waals surface area (Å²) in [5, 5.41) is 7.52. The van der Waals surface area contributed by atoms with Crippen LogP contribution in [0.1, 0.15) is 65.2 Å². The van der Waals surface area contributed by atoms with Crippen molar-refractivity contribution in [1.29, 1.82) is 0 Å². The largest absolute Gasteiger partial charge is 0.314 e. The lowest BCUT2D eigenvalue weighted by molar-refractivity contribution is 0.395. The number of nitrogens with one attached hydrogen (secondary N) is 2. The molecule has 1 saturated heterocycles. The molecular weight excluding hydrogens is 208 g/mol. The molecule has 4 unspecified atom stereocenters. The third kappa shape index (κ3) is 4.59. The minimum absolute atomic E-state index is 0.692. The summed E-state index contributed by atoms with van der Waals surface area (Å²) in [5.74, 6) is 0.990. The Labute approximate surface area is 107 Å². The monoisotopic (exact) mass is 238 g/mol. The Kier molecular flexibility index (Phi) is 5.30. The molecule has 0 aromatic rings. The van der Waals surface area contributed by atoms with Gasteiger partial charge in [-0.15, -0.1) is 0 Å². The first-order chi connectivity index (χ1) is 8.29. The fraction of sp³-hybridized carbons (Fsp3) is 1.00. The average Bonchev–Trinajstić information content (AvgIpc) is 3.04. The SMILES string of the molecule is CCCC1CC1NC(C)CC1CCCCCN1. The van der Waals surface area contributed by atoms with Crippen LogP contribution in [0, 0.1) is 5.92 Å². The lowest BCUT2D eigenvalue weighted by Crippen LogP contribution is -2.38. The van der Waals surface area contributed by atoms with E-state index in [0.717, 1.165) is 18.0 Å². The zero-order valence-corrected chi connectivity index (χ0v) is 11.7. The van der Waals surface area contributed by atoms with Gasteiger partial charge in [0.25, 0.3) is 0 Å². The van der Waals surface area contributed by atoms with E-state index in [-0.39, 0.29) is 0 Å². The minimum Gasteiger partial charge on any atom is -0.314 e. The van der Waals surface area contributed by atoms with Gasteiger partial charge >= 0.3 is 0 Å². The minimum atomic E-state index is 0.692. The van der Waals surface area contributed by atoms with Crippen molar-refractivity contribution >= 4 is 0 Å². The van der Waals surface area contributed by atoms with Crippen molar-refractivity contribution in [3.05, 3.63) is 0 Å². The van der Waals surface area contributed by atoms with E-state index in [1.54, 1.807) is 0 Å². The Morgan fingerprint density at radius 2 is 2.18 bits per heavy atom. The number of hydrogen-bond donors (Lipinski definition) is 2. The lowest BCUT2D eigenvalue weighted by atomic mass is 10.0. The van der Waals surface area contributed by atoms with Gasteiger partial charge in [-0.05, 0) is 51.5 Å². The zero-order valence-electron chi connectivity index (χ0n) is 11.7. The summed E-state index contributed by atoms with van der Waals surface area (Å²) < 4.78 is 0. The topological polar surface area (TPSA) is 24.1 Å². The Hall–Kier alpha value is -0.0800. The lowest BCUT2D eigenvalue weighted by Gasteiger charge is -2.21. The molecule has 0 amide bonds. The molecule has 4 atom stereocenters. The highest BCUT2D eigenvalue weighted by Gasteiger charge is 2.36. The van der Waals surface area contributed by atoms with Gasteiger partial charge in [-0.25, -0.2) is 0 Å². The molecular formula is C15H30N2. The summed E-state index contributed by atoms with van der Waals surface area (Å²) in [6.07, 6.45) is 11.1. The standard InChI is InChI=1S/C15H30N2/c1-3-7-13-11-15(13)17-12(2)10-14-8-5-4-6-9-16-14/h12-17H,3-11H2,1-2H3. The highest BCUT2D eigenvalue weighted by Crippen LogP contribution is 2.35. The fourth-order valence-electron chi connectivity index (χ4n) is 3.30. The smallest absolute Gasteiger partial charge is 0.0102 e. The first-order valence-corrected chi connectivity index (χ1v) is 7.79. The molecule has 100 valence electrons. The summed E-state index contributed by atoms with van der Waals surface area (Å²) in [6.45, 7) is 5.90. The zero-order chi connectivity index (χ0) is 12.1. The Morgan fingerprint density at radius 3 is 3.00 bits per heavy atom. The van der Waals surface area contributed by atoms with E-state index in [2.05, 4.69) is 24.5 Å². The van der Waals surface area contributed by atoms with Gasteiger partial charge in [0, 0.05) is 18.1 Å². The third-order valence-corrected chi connectivity index (χ3v) is 4.38. The van der Waals surface area contributed by atoms with E-state index in [0.29, 0.717) is 6.04 Å². The van der Waals surface area contributed by atoms with Crippen molar-refractivity contribution < 1.29 is 0 Å². The van der Waals surface area contributed by atoms with Crippen molar-refractivity contribution in [2.24, 2.45) is 5.92 Å². The molecule has 2 nitrogen and oxygen atoms in total. The molecule has 1 aliphatic carbocycles. The second-order valence-corrected chi connectivity index (χ2v) is 6.19. The molecule has 0 spiro atoms. The van der Waals surface area contributed by atoms with Crippen LogP contribution in [0.15, 0.2) is 0 Å². The van der Waals surface area contributed by atoms with Gasteiger partial charge in [-0.1, -0.05) is 26.2 Å². The van der Waals surface area contributed by atoms with Gasteiger partial charge < -0.3 is 10.6 Å². The van der Waals surface area contributed by atoms with Crippen LogP contribution < -0.4 is 10.6 Å². The molecule has 0 aromatic heterocycles. The van der Waals surface area contributed by atoms with Crippen LogP contribution in [0.25, 0.3) is 0 Å². The molecule has 0 bridgehead atoms. The maximum absolute atomic E-state index is 3.82. The van der Waals surface area contributed by atoms with Crippen LogP contribution in [-0.4, -0.2) is 24.7 Å². The molecule has 1 heterocycles. The van der Waals surface area contributed by atoms with Crippen molar-refractivity contribution in [3.63, 3.8) is 0 Å². The molecule has 2 N–H and O–H groups in total. The van der Waals surface area contributed by atoms with E-state index in [9.17, 15) is 0 Å². The third-order valence-electron chi connectivity index (χ3n) is 4.38. The predicted molar refractivity (Wildman–Crippen MR) is 74.3 cm³/mol. The van der Waals surface area contributed by atoms with Crippen LogP contribution in [0.2, 0.25) is 0 Å². The summed E-state index contributed by atoms with van der Waals surface area (Å²) in [4.78, 5) is 0. The Bertz CT molecular complexity index is 209. The summed E-state index contributed by atoms with van der Waals surface area (Å²) >= 11 is 0. The Balaban J connectivity index is 1.61. The molecule has 2 rings (SSSR count). The van der Waals surface area contributed by atoms with Crippen molar-refractivity contribution in [2.75, 3.05) is 6.54 Å². The Morgan fingerprint density at radius 1 is 1.29 bits per heavy atom. The average molecular weight is 238 g/mol.